The maximum absolute atomic E-state index is 12.7. The third-order valence-corrected chi connectivity index (χ3v) is 6.45. The number of rotatable bonds is 5. The third-order valence-electron chi connectivity index (χ3n) is 5.64. The second-order valence-corrected chi connectivity index (χ2v) is 9.44. The van der Waals surface area contributed by atoms with E-state index >= 15 is 0 Å². The minimum Gasteiger partial charge on any atom is -0.362 e. The average Bonchev–Trinajstić information content (AvgIpc) is 2.73. The Morgan fingerprint density at radius 3 is 2.25 bits per heavy atom. The van der Waals surface area contributed by atoms with Crippen molar-refractivity contribution >= 4 is 63.4 Å². The van der Waals surface area contributed by atoms with Crippen molar-refractivity contribution < 1.29 is 4.79 Å². The number of hydrogen-bond donors (Lipinski definition) is 2. The van der Waals surface area contributed by atoms with Crippen LogP contribution in [0.5, 0.6) is 0 Å². The van der Waals surface area contributed by atoms with Crippen LogP contribution >= 0.6 is 34.8 Å². The number of hydrogen-bond acceptors (Lipinski definition) is 5. The number of carbonyl (C=O) groups excluding carboxylic acids is 1. The molecule has 1 aliphatic rings. The molecule has 4 rings (SSSR count). The van der Waals surface area contributed by atoms with Crippen molar-refractivity contribution in [3.63, 3.8) is 0 Å². The molecular formula is C23H24Cl3N5O. The van der Waals surface area contributed by atoms with Crippen LogP contribution in [0.3, 0.4) is 0 Å². The minimum absolute atomic E-state index is 0.0539. The number of aromatic nitrogens is 2. The quantitative estimate of drug-likeness (QED) is 0.470. The van der Waals surface area contributed by atoms with Crippen LogP contribution in [0.25, 0.3) is 10.9 Å². The van der Waals surface area contributed by atoms with Crippen LogP contribution in [0, 0.1) is 0 Å². The molecule has 1 fully saturated rings. The Morgan fingerprint density at radius 2 is 1.59 bits per heavy atom. The average molecular weight is 493 g/mol. The van der Waals surface area contributed by atoms with Crippen LogP contribution in [0.2, 0.25) is 15.1 Å². The highest BCUT2D eigenvalue weighted by Crippen LogP contribution is 2.30. The summed E-state index contributed by atoms with van der Waals surface area (Å²) < 4.78 is 0. The third kappa shape index (κ3) is 5.03. The van der Waals surface area contributed by atoms with Crippen molar-refractivity contribution in [3.05, 3.63) is 57.0 Å². The van der Waals surface area contributed by atoms with Gasteiger partial charge in [0, 0.05) is 36.6 Å². The topological polar surface area (TPSA) is 70.2 Å². The van der Waals surface area contributed by atoms with Crippen LogP contribution in [-0.2, 0) is 0 Å². The first-order valence-electron chi connectivity index (χ1n) is 10.5. The minimum atomic E-state index is -0.276. The lowest BCUT2D eigenvalue weighted by Gasteiger charge is -2.30. The highest BCUT2D eigenvalue weighted by molar-refractivity contribution is 6.42. The number of para-hydroxylation sites is 1. The molecule has 32 heavy (non-hydrogen) atoms. The van der Waals surface area contributed by atoms with E-state index in [1.807, 2.05) is 43.3 Å². The van der Waals surface area contributed by atoms with Gasteiger partial charge in [-0.15, -0.1) is 0 Å². The van der Waals surface area contributed by atoms with E-state index in [1.54, 1.807) is 0 Å². The summed E-state index contributed by atoms with van der Waals surface area (Å²) in [7, 11) is 3.96. The van der Waals surface area contributed by atoms with E-state index in [-0.39, 0.29) is 33.6 Å². The van der Waals surface area contributed by atoms with Gasteiger partial charge in [0.25, 0.3) is 5.91 Å². The van der Waals surface area contributed by atoms with E-state index < -0.39 is 0 Å². The van der Waals surface area contributed by atoms with Gasteiger partial charge in [0.1, 0.15) is 5.82 Å². The van der Waals surface area contributed by atoms with Gasteiger partial charge in [0.2, 0.25) is 5.95 Å². The predicted octanol–water partition coefficient (Wildman–Crippen LogP) is 5.81. The maximum Gasteiger partial charge on any atom is 0.254 e. The fourth-order valence-electron chi connectivity index (χ4n) is 4.05. The molecule has 0 aliphatic heterocycles. The SMILES string of the molecule is CN(C)c1nc(NC2CCC(NC(=O)c3c(Cl)cc(Cl)cc3Cl)CC2)nc2ccccc12. The number of halogens is 3. The number of nitrogens with zero attached hydrogens (tertiary/aromatic N) is 3. The lowest BCUT2D eigenvalue weighted by molar-refractivity contribution is 0.0927. The van der Waals surface area contributed by atoms with Crippen LogP contribution in [0.4, 0.5) is 11.8 Å². The summed E-state index contributed by atoms with van der Waals surface area (Å²) >= 11 is 18.3. The van der Waals surface area contributed by atoms with Crippen LogP contribution in [0.15, 0.2) is 36.4 Å². The molecule has 1 saturated carbocycles. The van der Waals surface area contributed by atoms with E-state index in [9.17, 15) is 4.79 Å². The zero-order chi connectivity index (χ0) is 22.8. The fourth-order valence-corrected chi connectivity index (χ4v) is 5.04. The van der Waals surface area contributed by atoms with Gasteiger partial charge < -0.3 is 15.5 Å². The van der Waals surface area contributed by atoms with Crippen molar-refractivity contribution in [2.45, 2.75) is 37.8 Å². The Morgan fingerprint density at radius 1 is 0.969 bits per heavy atom. The van der Waals surface area contributed by atoms with Gasteiger partial charge in [-0.3, -0.25) is 4.79 Å². The molecule has 6 nitrogen and oxygen atoms in total. The second kappa shape index (κ2) is 9.69. The Balaban J connectivity index is 1.39. The molecule has 0 unspecified atom stereocenters. The van der Waals surface area contributed by atoms with Crippen molar-refractivity contribution in [3.8, 4) is 0 Å². The van der Waals surface area contributed by atoms with E-state index in [2.05, 4.69) is 15.6 Å². The van der Waals surface area contributed by atoms with E-state index in [0.717, 1.165) is 42.4 Å². The molecule has 1 amide bonds. The predicted molar refractivity (Wildman–Crippen MR) is 132 cm³/mol. The van der Waals surface area contributed by atoms with Crippen molar-refractivity contribution in [2.75, 3.05) is 24.3 Å². The summed E-state index contributed by atoms with van der Waals surface area (Å²) in [6.45, 7) is 0. The van der Waals surface area contributed by atoms with Gasteiger partial charge in [0.15, 0.2) is 0 Å². The van der Waals surface area contributed by atoms with Crippen molar-refractivity contribution in [1.82, 2.24) is 15.3 Å². The van der Waals surface area contributed by atoms with Crippen molar-refractivity contribution in [2.24, 2.45) is 0 Å². The van der Waals surface area contributed by atoms with E-state index in [0.29, 0.717) is 11.0 Å². The second-order valence-electron chi connectivity index (χ2n) is 8.19. The highest BCUT2D eigenvalue weighted by atomic mass is 35.5. The lowest BCUT2D eigenvalue weighted by Crippen LogP contribution is -2.40. The molecular weight excluding hydrogens is 469 g/mol. The standard InChI is InChI=1S/C23H24Cl3N5O/c1-31(2)21-16-5-3-4-6-19(16)29-23(30-21)28-15-9-7-14(8-10-15)27-22(32)20-17(25)11-13(24)12-18(20)26/h3-6,11-12,14-15H,7-10H2,1-2H3,(H,27,32)(H,28,29,30). The zero-order valence-corrected chi connectivity index (χ0v) is 20.1. The molecule has 0 radical (unpaired) electrons. The monoisotopic (exact) mass is 491 g/mol. The molecule has 2 N–H and O–H groups in total. The molecule has 0 saturated heterocycles. The first kappa shape index (κ1) is 22.9. The van der Waals surface area contributed by atoms with Crippen LogP contribution < -0.4 is 15.5 Å². The van der Waals surface area contributed by atoms with Gasteiger partial charge in [-0.25, -0.2) is 4.98 Å². The molecule has 3 aromatic rings. The van der Waals surface area contributed by atoms with Gasteiger partial charge >= 0.3 is 0 Å². The molecule has 2 aromatic carbocycles. The smallest absolute Gasteiger partial charge is 0.254 e. The summed E-state index contributed by atoms with van der Waals surface area (Å²) in [6.07, 6.45) is 3.45. The normalized spacial score (nSPS) is 18.4. The van der Waals surface area contributed by atoms with Gasteiger partial charge in [-0.2, -0.15) is 4.98 Å². The first-order chi connectivity index (χ1) is 15.3. The Labute approximate surface area is 202 Å². The zero-order valence-electron chi connectivity index (χ0n) is 17.8. The molecule has 9 heteroatoms. The summed E-state index contributed by atoms with van der Waals surface area (Å²) in [5.74, 6) is 1.23. The molecule has 0 spiro atoms. The molecule has 0 bridgehead atoms. The number of carbonyl (C=O) groups is 1. The number of benzene rings is 2. The molecule has 1 aliphatic carbocycles. The summed E-state index contributed by atoms with van der Waals surface area (Å²) in [5, 5.41) is 8.45. The van der Waals surface area contributed by atoms with Gasteiger partial charge in [0.05, 0.1) is 21.1 Å². The molecule has 0 atom stereocenters. The molecule has 1 heterocycles. The Kier molecular flexibility index (Phi) is 6.93. The summed E-state index contributed by atoms with van der Waals surface area (Å²) in [4.78, 5) is 24.1. The Hall–Kier alpha value is -2.28. The highest BCUT2D eigenvalue weighted by Gasteiger charge is 2.25. The number of fused-ring (bicyclic) bond motifs is 1. The molecule has 168 valence electrons. The molecule has 1 aromatic heterocycles. The van der Waals surface area contributed by atoms with Crippen LogP contribution in [-0.4, -0.2) is 42.1 Å². The van der Waals surface area contributed by atoms with Gasteiger partial charge in [-0.05, 0) is 49.9 Å². The van der Waals surface area contributed by atoms with Crippen molar-refractivity contribution in [1.29, 1.82) is 0 Å². The lowest BCUT2D eigenvalue weighted by atomic mass is 9.91. The maximum atomic E-state index is 12.7. The van der Waals surface area contributed by atoms with Gasteiger partial charge in [-0.1, -0.05) is 46.9 Å². The summed E-state index contributed by atoms with van der Waals surface area (Å²) in [6, 6.07) is 11.3. The first-order valence-corrected chi connectivity index (χ1v) is 11.6. The number of amides is 1. The largest absolute Gasteiger partial charge is 0.362 e. The fraction of sp³-hybridized carbons (Fsp3) is 0.348. The van der Waals surface area contributed by atoms with E-state index in [1.165, 1.54) is 12.1 Å². The van der Waals surface area contributed by atoms with E-state index in [4.69, 9.17) is 39.8 Å². The summed E-state index contributed by atoms with van der Waals surface area (Å²) in [5.41, 5.74) is 1.17. The number of nitrogens with one attached hydrogen (secondary N) is 2. The Bertz CT molecular complexity index is 1120. The van der Waals surface area contributed by atoms with Crippen LogP contribution in [0.1, 0.15) is 36.0 Å². The number of anilines is 2.